The quantitative estimate of drug-likeness (QED) is 0.773. The molecule has 0 amide bonds. The summed E-state index contributed by atoms with van der Waals surface area (Å²) in [5.41, 5.74) is 3.94. The monoisotopic (exact) mass is 245 g/mol. The first kappa shape index (κ1) is 13.2. The van der Waals surface area contributed by atoms with Crippen molar-refractivity contribution in [3.8, 4) is 5.75 Å². The van der Waals surface area contributed by atoms with Gasteiger partial charge in [0.05, 0.1) is 0 Å². The summed E-state index contributed by atoms with van der Waals surface area (Å²) in [7, 11) is 0. The van der Waals surface area contributed by atoms with Crippen LogP contribution >= 0.6 is 0 Å². The van der Waals surface area contributed by atoms with Crippen LogP contribution in [0.4, 0.5) is 0 Å². The largest absolute Gasteiger partial charge is 0.489 e. The fraction of sp³-hybridized carbons (Fsp3) is 0.500. The van der Waals surface area contributed by atoms with E-state index in [4.69, 9.17) is 4.74 Å². The van der Waals surface area contributed by atoms with Crippen LogP contribution < -0.4 is 10.1 Å². The Morgan fingerprint density at radius 1 is 1.50 bits per heavy atom. The number of nitrogens with one attached hydrogen (secondary N) is 1. The molecule has 2 nitrogen and oxygen atoms in total. The molecule has 1 aliphatic rings. The molecular formula is C16H23NO. The van der Waals surface area contributed by atoms with Crippen molar-refractivity contribution >= 4 is 0 Å². The average Bonchev–Trinajstić information content (AvgIpc) is 2.76. The van der Waals surface area contributed by atoms with Gasteiger partial charge in [-0.1, -0.05) is 19.6 Å². The fourth-order valence-corrected chi connectivity index (χ4v) is 2.42. The minimum atomic E-state index is 0.537. The molecule has 0 aromatic heterocycles. The highest BCUT2D eigenvalue weighted by atomic mass is 16.5. The fourth-order valence-electron chi connectivity index (χ4n) is 2.42. The van der Waals surface area contributed by atoms with E-state index in [0.717, 1.165) is 24.3 Å². The summed E-state index contributed by atoms with van der Waals surface area (Å²) in [6, 6.07) is 7.01. The zero-order chi connectivity index (χ0) is 13.0. The second-order valence-corrected chi connectivity index (χ2v) is 5.15. The Morgan fingerprint density at radius 2 is 2.33 bits per heavy atom. The topological polar surface area (TPSA) is 21.3 Å². The van der Waals surface area contributed by atoms with Crippen LogP contribution in [0.1, 0.15) is 43.9 Å². The van der Waals surface area contributed by atoms with Gasteiger partial charge in [-0.15, -0.1) is 0 Å². The molecular weight excluding hydrogens is 222 g/mol. The van der Waals surface area contributed by atoms with Crippen molar-refractivity contribution in [2.75, 3.05) is 13.2 Å². The Kier molecular flexibility index (Phi) is 4.43. The number of hydrogen-bond donors (Lipinski definition) is 1. The number of aryl methyl sites for hydroxylation is 1. The number of benzene rings is 1. The molecule has 0 aliphatic heterocycles. The van der Waals surface area contributed by atoms with Crippen molar-refractivity contribution in [2.24, 2.45) is 0 Å². The lowest BCUT2D eigenvalue weighted by Crippen LogP contribution is -2.19. The smallest absolute Gasteiger partial charge is 0.120 e. The summed E-state index contributed by atoms with van der Waals surface area (Å²) in [4.78, 5) is 0. The van der Waals surface area contributed by atoms with Crippen LogP contribution in [0.3, 0.4) is 0 Å². The minimum Gasteiger partial charge on any atom is -0.489 e. The van der Waals surface area contributed by atoms with Gasteiger partial charge in [-0.25, -0.2) is 0 Å². The molecule has 1 aliphatic carbocycles. The van der Waals surface area contributed by atoms with Crippen molar-refractivity contribution in [1.29, 1.82) is 0 Å². The molecule has 0 fully saturated rings. The van der Waals surface area contributed by atoms with E-state index in [1.165, 1.54) is 24.0 Å². The summed E-state index contributed by atoms with van der Waals surface area (Å²) in [6.07, 6.45) is 3.55. The Morgan fingerprint density at radius 3 is 3.06 bits per heavy atom. The molecule has 0 heterocycles. The van der Waals surface area contributed by atoms with Crippen molar-refractivity contribution in [3.05, 3.63) is 41.5 Å². The molecule has 1 unspecified atom stereocenters. The van der Waals surface area contributed by atoms with E-state index in [1.807, 2.05) is 6.92 Å². The maximum absolute atomic E-state index is 5.69. The standard InChI is InChI=1S/C16H23NO/c1-4-9-17-16-8-5-13-10-14(6-7-15(13)16)18-11-12(2)3/h6-7,10,16-17H,2,4-5,8-9,11H2,1,3H3. The maximum Gasteiger partial charge on any atom is 0.120 e. The Hall–Kier alpha value is -1.28. The summed E-state index contributed by atoms with van der Waals surface area (Å²) >= 11 is 0. The molecule has 1 N–H and O–H groups in total. The molecule has 1 atom stereocenters. The molecule has 0 bridgehead atoms. The third kappa shape index (κ3) is 3.14. The second kappa shape index (κ2) is 6.05. The molecule has 2 heteroatoms. The normalized spacial score (nSPS) is 17.6. The van der Waals surface area contributed by atoms with E-state index in [0.29, 0.717) is 12.6 Å². The number of fused-ring (bicyclic) bond motifs is 1. The van der Waals surface area contributed by atoms with Crippen LogP contribution in [0.5, 0.6) is 5.75 Å². The summed E-state index contributed by atoms with van der Waals surface area (Å²) in [6.45, 7) is 9.75. The Bertz CT molecular complexity index is 425. The molecule has 98 valence electrons. The summed E-state index contributed by atoms with van der Waals surface area (Å²) in [5.74, 6) is 0.966. The van der Waals surface area contributed by atoms with Gasteiger partial charge in [-0.2, -0.15) is 0 Å². The predicted molar refractivity (Wildman–Crippen MR) is 76.1 cm³/mol. The van der Waals surface area contributed by atoms with Gasteiger partial charge in [0.1, 0.15) is 12.4 Å². The third-order valence-electron chi connectivity index (χ3n) is 3.32. The lowest BCUT2D eigenvalue weighted by molar-refractivity contribution is 0.352. The number of rotatable bonds is 6. The highest BCUT2D eigenvalue weighted by Gasteiger charge is 2.21. The van der Waals surface area contributed by atoms with Gasteiger partial charge in [0.2, 0.25) is 0 Å². The van der Waals surface area contributed by atoms with Gasteiger partial charge in [-0.3, -0.25) is 0 Å². The molecule has 0 saturated heterocycles. The highest BCUT2D eigenvalue weighted by Crippen LogP contribution is 2.33. The number of ether oxygens (including phenoxy) is 1. The zero-order valence-corrected chi connectivity index (χ0v) is 11.5. The van der Waals surface area contributed by atoms with Crippen LogP contribution in [0, 0.1) is 0 Å². The van der Waals surface area contributed by atoms with E-state index in [-0.39, 0.29) is 0 Å². The molecule has 2 rings (SSSR count). The third-order valence-corrected chi connectivity index (χ3v) is 3.32. The molecule has 0 saturated carbocycles. The van der Waals surface area contributed by atoms with E-state index < -0.39 is 0 Å². The van der Waals surface area contributed by atoms with Gasteiger partial charge >= 0.3 is 0 Å². The van der Waals surface area contributed by atoms with Gasteiger partial charge < -0.3 is 10.1 Å². The van der Waals surface area contributed by atoms with Gasteiger partial charge in [0, 0.05) is 6.04 Å². The van der Waals surface area contributed by atoms with Crippen molar-refractivity contribution in [2.45, 2.75) is 39.2 Å². The van der Waals surface area contributed by atoms with Crippen molar-refractivity contribution < 1.29 is 4.74 Å². The van der Waals surface area contributed by atoms with Crippen LogP contribution in [-0.4, -0.2) is 13.2 Å². The SMILES string of the molecule is C=C(C)COc1ccc2c(c1)CCC2NCCC. The van der Waals surface area contributed by atoms with Gasteiger partial charge in [0.15, 0.2) is 0 Å². The van der Waals surface area contributed by atoms with Crippen LogP contribution in [0.15, 0.2) is 30.4 Å². The van der Waals surface area contributed by atoms with Gasteiger partial charge in [-0.05, 0) is 61.6 Å². The first-order chi connectivity index (χ1) is 8.70. The van der Waals surface area contributed by atoms with Crippen molar-refractivity contribution in [3.63, 3.8) is 0 Å². The Balaban J connectivity index is 2.03. The van der Waals surface area contributed by atoms with Crippen LogP contribution in [0.2, 0.25) is 0 Å². The zero-order valence-electron chi connectivity index (χ0n) is 11.5. The molecule has 18 heavy (non-hydrogen) atoms. The lowest BCUT2D eigenvalue weighted by atomic mass is 10.1. The lowest BCUT2D eigenvalue weighted by Gasteiger charge is -2.14. The summed E-state index contributed by atoms with van der Waals surface area (Å²) in [5, 5.41) is 3.60. The molecule has 0 spiro atoms. The van der Waals surface area contributed by atoms with Crippen molar-refractivity contribution in [1.82, 2.24) is 5.32 Å². The minimum absolute atomic E-state index is 0.537. The average molecular weight is 245 g/mol. The first-order valence-corrected chi connectivity index (χ1v) is 6.84. The predicted octanol–water partition coefficient (Wildman–Crippen LogP) is 3.63. The number of hydrogen-bond acceptors (Lipinski definition) is 2. The molecule has 0 radical (unpaired) electrons. The highest BCUT2D eigenvalue weighted by molar-refractivity contribution is 5.40. The van der Waals surface area contributed by atoms with E-state index in [9.17, 15) is 0 Å². The maximum atomic E-state index is 5.69. The Labute approximate surface area is 110 Å². The van der Waals surface area contributed by atoms with E-state index in [1.54, 1.807) is 0 Å². The van der Waals surface area contributed by atoms with E-state index >= 15 is 0 Å². The van der Waals surface area contributed by atoms with E-state index in [2.05, 4.69) is 37.0 Å². The summed E-state index contributed by atoms with van der Waals surface area (Å²) < 4.78 is 5.69. The second-order valence-electron chi connectivity index (χ2n) is 5.15. The molecule has 1 aromatic rings. The van der Waals surface area contributed by atoms with Gasteiger partial charge in [0.25, 0.3) is 0 Å². The van der Waals surface area contributed by atoms with Crippen LogP contribution in [0.25, 0.3) is 0 Å². The first-order valence-electron chi connectivity index (χ1n) is 6.84. The molecule has 1 aromatic carbocycles. The van der Waals surface area contributed by atoms with Crippen LogP contribution in [-0.2, 0) is 6.42 Å².